The highest BCUT2D eigenvalue weighted by Crippen LogP contribution is 2.27. The fraction of sp³-hybridized carbons (Fsp3) is 0.571. The molecule has 0 radical (unpaired) electrons. The van der Waals surface area contributed by atoms with E-state index in [4.69, 9.17) is 5.21 Å². The van der Waals surface area contributed by atoms with E-state index >= 15 is 0 Å². The molecule has 0 aromatic heterocycles. The lowest BCUT2D eigenvalue weighted by molar-refractivity contribution is 0.317. The first-order valence-electron chi connectivity index (χ1n) is 3.65. The lowest BCUT2D eigenvalue weighted by Crippen LogP contribution is -2.36. The molecule has 60 valence electrons. The zero-order chi connectivity index (χ0) is 7.68. The molecule has 3 nitrogen and oxygen atoms in total. The van der Waals surface area contributed by atoms with Crippen LogP contribution in [0.1, 0.15) is 6.42 Å². The highest BCUT2D eigenvalue weighted by Gasteiger charge is 2.32. The van der Waals surface area contributed by atoms with Gasteiger partial charge in [-0.25, -0.2) is 0 Å². The fourth-order valence-corrected chi connectivity index (χ4v) is 2.71. The van der Waals surface area contributed by atoms with Crippen LogP contribution in [0.15, 0.2) is 17.3 Å². The van der Waals surface area contributed by atoms with Crippen LogP contribution in [0.2, 0.25) is 0 Å². The SMILES string of the molecule is ON=C1C=CCC2NCSC12. The molecule has 11 heavy (non-hydrogen) atoms. The van der Waals surface area contributed by atoms with E-state index in [9.17, 15) is 0 Å². The molecule has 0 bridgehead atoms. The van der Waals surface area contributed by atoms with Gasteiger partial charge in [-0.15, -0.1) is 11.8 Å². The van der Waals surface area contributed by atoms with Crippen molar-refractivity contribution in [1.29, 1.82) is 0 Å². The monoisotopic (exact) mass is 170 g/mol. The summed E-state index contributed by atoms with van der Waals surface area (Å²) >= 11 is 1.81. The molecule has 1 saturated heterocycles. The quantitative estimate of drug-likeness (QED) is 0.417. The normalized spacial score (nSPS) is 39.5. The van der Waals surface area contributed by atoms with Gasteiger partial charge in [-0.2, -0.15) is 0 Å². The van der Waals surface area contributed by atoms with Crippen LogP contribution in [0.25, 0.3) is 0 Å². The molecule has 0 spiro atoms. The van der Waals surface area contributed by atoms with Crippen molar-refractivity contribution < 1.29 is 5.21 Å². The topological polar surface area (TPSA) is 44.6 Å². The first-order chi connectivity index (χ1) is 5.42. The number of nitrogens with one attached hydrogen (secondary N) is 1. The molecule has 2 atom stereocenters. The van der Waals surface area contributed by atoms with Gasteiger partial charge >= 0.3 is 0 Å². The largest absolute Gasteiger partial charge is 0.411 e. The molecule has 1 aliphatic carbocycles. The Labute approximate surface area is 69.5 Å². The summed E-state index contributed by atoms with van der Waals surface area (Å²) in [6.07, 6.45) is 5.01. The second-order valence-corrected chi connectivity index (χ2v) is 3.84. The van der Waals surface area contributed by atoms with Crippen molar-refractivity contribution in [3.63, 3.8) is 0 Å². The lowest BCUT2D eigenvalue weighted by Gasteiger charge is -2.19. The molecular weight excluding hydrogens is 160 g/mol. The molecule has 0 saturated carbocycles. The van der Waals surface area contributed by atoms with Crippen LogP contribution in [0.5, 0.6) is 0 Å². The fourth-order valence-electron chi connectivity index (χ4n) is 1.49. The predicted octanol–water partition coefficient (Wildman–Crippen LogP) is 0.808. The van der Waals surface area contributed by atoms with Gasteiger partial charge < -0.3 is 10.5 Å². The average Bonchev–Trinajstić information content (AvgIpc) is 2.50. The van der Waals surface area contributed by atoms with E-state index in [-0.39, 0.29) is 0 Å². The smallest absolute Gasteiger partial charge is 0.0938 e. The zero-order valence-electron chi connectivity index (χ0n) is 6.03. The number of allylic oxidation sites excluding steroid dienone is 1. The molecule has 2 unspecified atom stereocenters. The Morgan fingerprint density at radius 2 is 2.64 bits per heavy atom. The minimum absolute atomic E-state index is 0.366. The van der Waals surface area contributed by atoms with Gasteiger partial charge in [0.1, 0.15) is 0 Å². The average molecular weight is 170 g/mol. The number of oxime groups is 1. The Morgan fingerprint density at radius 3 is 3.45 bits per heavy atom. The van der Waals surface area contributed by atoms with Crippen LogP contribution >= 0.6 is 11.8 Å². The molecule has 2 aliphatic rings. The molecule has 1 fully saturated rings. The molecular formula is C7H10N2OS. The van der Waals surface area contributed by atoms with Gasteiger partial charge in [-0.3, -0.25) is 0 Å². The summed E-state index contributed by atoms with van der Waals surface area (Å²) in [5.74, 6) is 0.968. The summed E-state index contributed by atoms with van der Waals surface area (Å²) < 4.78 is 0. The Hall–Kier alpha value is -0.480. The van der Waals surface area contributed by atoms with Gasteiger partial charge in [0.15, 0.2) is 0 Å². The summed E-state index contributed by atoms with van der Waals surface area (Å²) in [6, 6.07) is 0.482. The van der Waals surface area contributed by atoms with Gasteiger partial charge in [0.05, 0.1) is 11.0 Å². The van der Waals surface area contributed by atoms with E-state index in [0.29, 0.717) is 11.3 Å². The van der Waals surface area contributed by atoms with Crippen molar-refractivity contribution >= 4 is 17.5 Å². The molecule has 1 heterocycles. The highest BCUT2D eigenvalue weighted by molar-refractivity contribution is 8.00. The van der Waals surface area contributed by atoms with Crippen LogP contribution < -0.4 is 5.32 Å². The van der Waals surface area contributed by atoms with E-state index in [1.165, 1.54) is 0 Å². The van der Waals surface area contributed by atoms with Gasteiger partial charge in [0, 0.05) is 11.9 Å². The van der Waals surface area contributed by atoms with Gasteiger partial charge in [0.25, 0.3) is 0 Å². The summed E-state index contributed by atoms with van der Waals surface area (Å²) in [5, 5.41) is 15.6. The maximum absolute atomic E-state index is 8.63. The number of rotatable bonds is 0. The highest BCUT2D eigenvalue weighted by atomic mass is 32.2. The maximum Gasteiger partial charge on any atom is 0.0938 e. The second kappa shape index (κ2) is 2.87. The Balaban J connectivity index is 2.23. The number of nitrogens with zero attached hydrogens (tertiary/aromatic N) is 1. The van der Waals surface area contributed by atoms with Crippen molar-refractivity contribution in [1.82, 2.24) is 5.32 Å². The van der Waals surface area contributed by atoms with Crippen LogP contribution in [0.3, 0.4) is 0 Å². The zero-order valence-corrected chi connectivity index (χ0v) is 6.84. The number of hydrogen-bond acceptors (Lipinski definition) is 4. The molecule has 2 rings (SSSR count). The Morgan fingerprint density at radius 1 is 1.73 bits per heavy atom. The van der Waals surface area contributed by atoms with Crippen LogP contribution in [0.4, 0.5) is 0 Å². The molecule has 2 N–H and O–H groups in total. The van der Waals surface area contributed by atoms with Crippen molar-refractivity contribution in [3.8, 4) is 0 Å². The third-order valence-corrected chi connectivity index (χ3v) is 3.32. The molecule has 1 aliphatic heterocycles. The van der Waals surface area contributed by atoms with E-state index < -0.39 is 0 Å². The molecule has 4 heteroatoms. The van der Waals surface area contributed by atoms with E-state index in [2.05, 4.69) is 16.5 Å². The summed E-state index contributed by atoms with van der Waals surface area (Å²) in [6.45, 7) is 0. The summed E-state index contributed by atoms with van der Waals surface area (Å²) in [4.78, 5) is 0. The van der Waals surface area contributed by atoms with Crippen LogP contribution in [-0.2, 0) is 0 Å². The van der Waals surface area contributed by atoms with Crippen molar-refractivity contribution in [2.45, 2.75) is 17.7 Å². The minimum Gasteiger partial charge on any atom is -0.411 e. The number of thioether (sulfide) groups is 1. The Kier molecular flexibility index (Phi) is 1.87. The minimum atomic E-state index is 0.366. The first kappa shape index (κ1) is 7.18. The second-order valence-electron chi connectivity index (χ2n) is 2.71. The molecule has 0 amide bonds. The van der Waals surface area contributed by atoms with Crippen molar-refractivity contribution in [2.24, 2.45) is 5.16 Å². The lowest BCUT2D eigenvalue weighted by atomic mass is 10.0. The van der Waals surface area contributed by atoms with Crippen molar-refractivity contribution in [3.05, 3.63) is 12.2 Å². The van der Waals surface area contributed by atoms with E-state index in [1.54, 1.807) is 11.8 Å². The standard InChI is InChI=1S/C7H10N2OS/c10-9-6-3-1-2-5-7(6)11-4-8-5/h1,3,5,7-8,10H,2,4H2. The first-order valence-corrected chi connectivity index (χ1v) is 4.70. The van der Waals surface area contributed by atoms with E-state index in [1.807, 2.05) is 6.08 Å². The summed E-state index contributed by atoms with van der Waals surface area (Å²) in [5.41, 5.74) is 0.802. The number of hydrogen-bond donors (Lipinski definition) is 2. The van der Waals surface area contributed by atoms with Crippen molar-refractivity contribution in [2.75, 3.05) is 5.88 Å². The summed E-state index contributed by atoms with van der Waals surface area (Å²) in [7, 11) is 0. The van der Waals surface area contributed by atoms with Crippen LogP contribution in [0, 0.1) is 0 Å². The third kappa shape index (κ3) is 1.16. The molecule has 0 aromatic rings. The predicted molar refractivity (Wildman–Crippen MR) is 46.1 cm³/mol. The third-order valence-electron chi connectivity index (χ3n) is 2.06. The van der Waals surface area contributed by atoms with Crippen LogP contribution in [-0.4, -0.2) is 28.1 Å². The Bertz CT molecular complexity index is 214. The van der Waals surface area contributed by atoms with E-state index in [0.717, 1.165) is 18.0 Å². The van der Waals surface area contributed by atoms with Gasteiger partial charge in [-0.05, 0) is 12.5 Å². The molecule has 0 aromatic carbocycles. The number of fused-ring (bicyclic) bond motifs is 1. The maximum atomic E-state index is 8.63. The van der Waals surface area contributed by atoms with Gasteiger partial charge in [-0.1, -0.05) is 11.2 Å². The van der Waals surface area contributed by atoms with Gasteiger partial charge in [0.2, 0.25) is 0 Å².